The van der Waals surface area contributed by atoms with E-state index in [0.717, 1.165) is 29.7 Å². The predicted molar refractivity (Wildman–Crippen MR) is 92.3 cm³/mol. The molecule has 1 aliphatic rings. The summed E-state index contributed by atoms with van der Waals surface area (Å²) in [6.45, 7) is 0.333. The first-order chi connectivity index (χ1) is 11.4. The van der Waals surface area contributed by atoms with Gasteiger partial charge in [0.15, 0.2) is 6.79 Å². The van der Waals surface area contributed by atoms with E-state index < -0.39 is 0 Å². The molecule has 1 fully saturated rings. The van der Waals surface area contributed by atoms with E-state index in [9.17, 15) is 0 Å². The van der Waals surface area contributed by atoms with Crippen LogP contribution in [0, 0.1) is 11.8 Å². The van der Waals surface area contributed by atoms with E-state index in [4.69, 9.17) is 9.47 Å². The third-order valence-corrected chi connectivity index (χ3v) is 4.06. The highest BCUT2D eigenvalue weighted by molar-refractivity contribution is 5.44. The van der Waals surface area contributed by atoms with Crippen LogP contribution in [0.3, 0.4) is 0 Å². The van der Waals surface area contributed by atoms with Gasteiger partial charge in [-0.2, -0.15) is 0 Å². The molecule has 0 aliphatic heterocycles. The van der Waals surface area contributed by atoms with E-state index in [-0.39, 0.29) is 0 Å². The molecule has 0 saturated heterocycles. The Bertz CT molecular complexity index is 644. The van der Waals surface area contributed by atoms with E-state index in [1.54, 1.807) is 0 Å². The van der Waals surface area contributed by atoms with Crippen LogP contribution in [0.15, 0.2) is 54.6 Å². The van der Waals surface area contributed by atoms with Gasteiger partial charge in [-0.1, -0.05) is 49.3 Å². The Morgan fingerprint density at radius 1 is 0.783 bits per heavy atom. The normalized spacial score (nSPS) is 14.8. The second-order valence-corrected chi connectivity index (χ2v) is 5.83. The van der Waals surface area contributed by atoms with Gasteiger partial charge in [-0.25, -0.2) is 0 Å². The van der Waals surface area contributed by atoms with E-state index in [2.05, 4.69) is 11.8 Å². The molecular weight excluding hydrogens is 284 g/mol. The Labute approximate surface area is 138 Å². The molecule has 0 bridgehead atoms. The number of rotatable bonds is 4. The molecule has 0 amide bonds. The molecule has 2 nitrogen and oxygen atoms in total. The number of benzene rings is 2. The van der Waals surface area contributed by atoms with Gasteiger partial charge in [0.2, 0.25) is 0 Å². The van der Waals surface area contributed by atoms with Crippen molar-refractivity contribution in [1.29, 1.82) is 0 Å². The topological polar surface area (TPSA) is 18.5 Å². The zero-order valence-corrected chi connectivity index (χ0v) is 13.3. The highest BCUT2D eigenvalue weighted by Crippen LogP contribution is 2.20. The lowest BCUT2D eigenvalue weighted by molar-refractivity contribution is -0.0496. The third kappa shape index (κ3) is 5.16. The van der Waals surface area contributed by atoms with Gasteiger partial charge in [0.25, 0.3) is 0 Å². The van der Waals surface area contributed by atoms with Crippen LogP contribution in [0.5, 0.6) is 5.75 Å². The van der Waals surface area contributed by atoms with Crippen LogP contribution in [0.1, 0.15) is 43.2 Å². The standard InChI is InChI=1S/C21H22O2/c1-3-7-18(8-4-1)11-12-19-13-15-21(16-14-19)23-17-22-20-9-5-2-6-10-20/h1,3-4,7-8,13-16,20H,2,5-6,9-10,17H2. The summed E-state index contributed by atoms with van der Waals surface area (Å²) in [5, 5.41) is 0. The first-order valence-electron chi connectivity index (χ1n) is 8.32. The lowest BCUT2D eigenvalue weighted by Gasteiger charge is -2.21. The second kappa shape index (κ2) is 8.41. The lowest BCUT2D eigenvalue weighted by Crippen LogP contribution is -2.19. The van der Waals surface area contributed by atoms with Gasteiger partial charge in [-0.15, -0.1) is 0 Å². The van der Waals surface area contributed by atoms with E-state index in [0.29, 0.717) is 12.9 Å². The quantitative estimate of drug-likeness (QED) is 0.598. The van der Waals surface area contributed by atoms with Crippen molar-refractivity contribution in [3.8, 4) is 17.6 Å². The Morgan fingerprint density at radius 2 is 1.43 bits per heavy atom. The zero-order valence-electron chi connectivity index (χ0n) is 13.3. The van der Waals surface area contributed by atoms with Crippen LogP contribution >= 0.6 is 0 Å². The minimum atomic E-state index is 0.333. The fourth-order valence-electron chi connectivity index (χ4n) is 2.73. The summed E-state index contributed by atoms with van der Waals surface area (Å²) in [5.41, 5.74) is 2.00. The summed E-state index contributed by atoms with van der Waals surface area (Å²) in [6.07, 6.45) is 6.60. The Balaban J connectivity index is 1.48. The molecule has 1 saturated carbocycles. The number of ether oxygens (including phenoxy) is 2. The van der Waals surface area contributed by atoms with Crippen LogP contribution in [0.4, 0.5) is 0 Å². The first kappa shape index (κ1) is 15.6. The highest BCUT2D eigenvalue weighted by Gasteiger charge is 2.13. The molecule has 3 rings (SSSR count). The maximum atomic E-state index is 5.77. The van der Waals surface area contributed by atoms with Gasteiger partial charge >= 0.3 is 0 Å². The van der Waals surface area contributed by atoms with Crippen molar-refractivity contribution in [3.05, 3.63) is 65.7 Å². The summed E-state index contributed by atoms with van der Waals surface area (Å²) in [5.74, 6) is 7.14. The van der Waals surface area contributed by atoms with Gasteiger partial charge in [-0.05, 0) is 49.2 Å². The van der Waals surface area contributed by atoms with Gasteiger partial charge in [-0.3, -0.25) is 0 Å². The number of hydrogen-bond donors (Lipinski definition) is 0. The van der Waals surface area contributed by atoms with Crippen molar-refractivity contribution in [2.45, 2.75) is 38.2 Å². The van der Waals surface area contributed by atoms with Crippen LogP contribution in [0.25, 0.3) is 0 Å². The minimum absolute atomic E-state index is 0.333. The fourth-order valence-corrected chi connectivity index (χ4v) is 2.73. The van der Waals surface area contributed by atoms with Crippen molar-refractivity contribution in [3.63, 3.8) is 0 Å². The first-order valence-corrected chi connectivity index (χ1v) is 8.32. The average molecular weight is 306 g/mol. The molecular formula is C21H22O2. The molecule has 0 atom stereocenters. The summed E-state index contributed by atoms with van der Waals surface area (Å²) in [4.78, 5) is 0. The van der Waals surface area contributed by atoms with Crippen LogP contribution in [-0.4, -0.2) is 12.9 Å². The Kier molecular flexibility index (Phi) is 5.72. The van der Waals surface area contributed by atoms with Gasteiger partial charge in [0.05, 0.1) is 6.10 Å². The molecule has 1 aliphatic carbocycles. The smallest absolute Gasteiger partial charge is 0.189 e. The summed E-state index contributed by atoms with van der Waals surface area (Å²) in [7, 11) is 0. The van der Waals surface area contributed by atoms with Gasteiger partial charge in [0, 0.05) is 11.1 Å². The summed E-state index contributed by atoms with van der Waals surface area (Å²) >= 11 is 0. The average Bonchev–Trinajstić information content (AvgIpc) is 2.63. The van der Waals surface area contributed by atoms with E-state index >= 15 is 0 Å². The highest BCUT2D eigenvalue weighted by atomic mass is 16.7. The molecule has 23 heavy (non-hydrogen) atoms. The van der Waals surface area contributed by atoms with E-state index in [1.807, 2.05) is 54.6 Å². The molecule has 2 aromatic carbocycles. The Hall–Kier alpha value is -2.24. The summed E-state index contributed by atoms with van der Waals surface area (Å²) < 4.78 is 11.4. The van der Waals surface area contributed by atoms with Crippen molar-refractivity contribution in [2.24, 2.45) is 0 Å². The van der Waals surface area contributed by atoms with E-state index in [1.165, 1.54) is 19.3 Å². The number of hydrogen-bond acceptors (Lipinski definition) is 2. The zero-order chi connectivity index (χ0) is 15.7. The maximum Gasteiger partial charge on any atom is 0.189 e. The molecule has 0 spiro atoms. The van der Waals surface area contributed by atoms with Gasteiger partial charge < -0.3 is 9.47 Å². The van der Waals surface area contributed by atoms with Crippen LogP contribution in [0.2, 0.25) is 0 Å². The molecule has 0 N–H and O–H groups in total. The second-order valence-electron chi connectivity index (χ2n) is 5.83. The molecule has 2 heteroatoms. The SMILES string of the molecule is C(#Cc1ccc(OCOC2CCCCC2)cc1)c1ccccc1. The summed E-state index contributed by atoms with van der Waals surface area (Å²) in [6, 6.07) is 17.8. The van der Waals surface area contributed by atoms with Crippen LogP contribution < -0.4 is 4.74 Å². The monoisotopic (exact) mass is 306 g/mol. The van der Waals surface area contributed by atoms with Gasteiger partial charge in [0.1, 0.15) is 5.75 Å². The molecule has 0 heterocycles. The van der Waals surface area contributed by atoms with Crippen molar-refractivity contribution in [1.82, 2.24) is 0 Å². The molecule has 0 aromatic heterocycles. The predicted octanol–water partition coefficient (Wildman–Crippen LogP) is 4.77. The minimum Gasteiger partial charge on any atom is -0.468 e. The lowest BCUT2D eigenvalue weighted by atomic mass is 9.98. The molecule has 0 radical (unpaired) electrons. The maximum absolute atomic E-state index is 5.77. The fraction of sp³-hybridized carbons (Fsp3) is 0.333. The molecule has 2 aromatic rings. The van der Waals surface area contributed by atoms with Crippen molar-refractivity contribution in [2.75, 3.05) is 6.79 Å². The Morgan fingerprint density at radius 3 is 2.13 bits per heavy atom. The van der Waals surface area contributed by atoms with Crippen molar-refractivity contribution < 1.29 is 9.47 Å². The largest absolute Gasteiger partial charge is 0.468 e. The third-order valence-electron chi connectivity index (χ3n) is 4.06. The molecule has 0 unspecified atom stereocenters. The molecule has 118 valence electrons. The van der Waals surface area contributed by atoms with Crippen molar-refractivity contribution >= 4 is 0 Å². The van der Waals surface area contributed by atoms with Crippen LogP contribution in [-0.2, 0) is 4.74 Å².